The molecule has 1 aliphatic heterocycles. The van der Waals surface area contributed by atoms with Crippen molar-refractivity contribution in [2.45, 2.75) is 38.2 Å². The second-order valence-corrected chi connectivity index (χ2v) is 5.03. The molecule has 0 aromatic carbocycles. The monoisotopic (exact) mass is 241 g/mol. The summed E-state index contributed by atoms with van der Waals surface area (Å²) in [5, 5.41) is 8.63. The predicted octanol–water partition coefficient (Wildman–Crippen LogP) is 0.879. The summed E-state index contributed by atoms with van der Waals surface area (Å²) in [5.41, 5.74) is -0.354. The van der Waals surface area contributed by atoms with Gasteiger partial charge in [0, 0.05) is 20.2 Å². The van der Waals surface area contributed by atoms with Gasteiger partial charge in [-0.25, -0.2) is 0 Å². The van der Waals surface area contributed by atoms with Crippen LogP contribution in [0.15, 0.2) is 0 Å². The second-order valence-electron chi connectivity index (χ2n) is 5.03. The Morgan fingerprint density at radius 1 is 1.47 bits per heavy atom. The number of rotatable bonds is 4. The average molecular weight is 241 g/mol. The Bertz CT molecular complexity index is 318. The Morgan fingerprint density at radius 3 is 2.94 bits per heavy atom. The predicted molar refractivity (Wildman–Crippen MR) is 60.5 cm³/mol. The number of carboxylic acid groups (broad SMARTS) is 1. The normalized spacial score (nSPS) is 31.2. The summed E-state index contributed by atoms with van der Waals surface area (Å²) >= 11 is 0. The van der Waals surface area contributed by atoms with E-state index in [2.05, 4.69) is 0 Å². The molecule has 1 saturated heterocycles. The van der Waals surface area contributed by atoms with Gasteiger partial charge in [0.1, 0.15) is 0 Å². The van der Waals surface area contributed by atoms with Crippen LogP contribution in [-0.4, -0.2) is 48.2 Å². The number of ether oxygens (including phenoxy) is 1. The van der Waals surface area contributed by atoms with Crippen LogP contribution < -0.4 is 0 Å². The molecule has 96 valence electrons. The Hall–Kier alpha value is -1.10. The van der Waals surface area contributed by atoms with Gasteiger partial charge in [-0.15, -0.1) is 0 Å². The first-order valence-corrected chi connectivity index (χ1v) is 6.15. The fourth-order valence-corrected chi connectivity index (χ4v) is 3.05. The summed E-state index contributed by atoms with van der Waals surface area (Å²) in [7, 11) is 1.69. The number of fused-ring (bicyclic) bond motifs is 1. The number of hydrogen-bond acceptors (Lipinski definition) is 3. The summed E-state index contributed by atoms with van der Waals surface area (Å²) in [4.78, 5) is 24.5. The van der Waals surface area contributed by atoms with Crippen LogP contribution in [0.4, 0.5) is 0 Å². The fourth-order valence-electron chi connectivity index (χ4n) is 3.05. The minimum atomic E-state index is -0.868. The molecule has 2 atom stereocenters. The van der Waals surface area contributed by atoms with E-state index in [0.29, 0.717) is 6.61 Å². The number of carbonyl (C=O) groups excluding carboxylic acids is 1. The molecule has 2 rings (SSSR count). The molecule has 1 amide bonds. The summed E-state index contributed by atoms with van der Waals surface area (Å²) in [6, 6.07) is 0. The molecule has 0 radical (unpaired) electrons. The molecule has 0 bridgehead atoms. The van der Waals surface area contributed by atoms with Crippen LogP contribution in [-0.2, 0) is 14.3 Å². The van der Waals surface area contributed by atoms with E-state index in [1.807, 2.05) is 0 Å². The van der Waals surface area contributed by atoms with Crippen molar-refractivity contribution >= 4 is 11.9 Å². The third-order valence-corrected chi connectivity index (χ3v) is 4.01. The highest BCUT2D eigenvalue weighted by molar-refractivity contribution is 5.84. The van der Waals surface area contributed by atoms with Crippen LogP contribution in [0.2, 0.25) is 0 Å². The Balaban J connectivity index is 2.01. The van der Waals surface area contributed by atoms with Gasteiger partial charge in [-0.3, -0.25) is 9.59 Å². The van der Waals surface area contributed by atoms with Crippen LogP contribution in [0.5, 0.6) is 0 Å². The third-order valence-electron chi connectivity index (χ3n) is 4.01. The van der Waals surface area contributed by atoms with Crippen molar-refractivity contribution in [3.8, 4) is 0 Å². The first kappa shape index (κ1) is 12.4. The van der Waals surface area contributed by atoms with E-state index in [0.717, 1.165) is 25.7 Å². The molecule has 0 unspecified atom stereocenters. The first-order valence-electron chi connectivity index (χ1n) is 6.15. The average Bonchev–Trinajstić information content (AvgIpc) is 2.83. The van der Waals surface area contributed by atoms with Crippen molar-refractivity contribution < 1.29 is 19.4 Å². The minimum Gasteiger partial charge on any atom is -0.481 e. The fraction of sp³-hybridized carbons (Fsp3) is 0.833. The van der Waals surface area contributed by atoms with Crippen LogP contribution in [0.3, 0.4) is 0 Å². The third kappa shape index (κ3) is 2.16. The molecule has 5 heteroatoms. The second kappa shape index (κ2) is 4.64. The zero-order chi connectivity index (χ0) is 12.5. The van der Waals surface area contributed by atoms with Crippen molar-refractivity contribution in [3.63, 3.8) is 0 Å². The molecule has 1 aliphatic carbocycles. The lowest BCUT2D eigenvalue weighted by atomic mass is 9.81. The molecule has 2 aliphatic rings. The van der Waals surface area contributed by atoms with Gasteiger partial charge in [0.2, 0.25) is 5.91 Å². The summed E-state index contributed by atoms with van der Waals surface area (Å²) in [5.74, 6) is -0.799. The van der Waals surface area contributed by atoms with E-state index in [9.17, 15) is 9.59 Å². The van der Waals surface area contributed by atoms with Crippen molar-refractivity contribution in [3.05, 3.63) is 0 Å². The first-order chi connectivity index (χ1) is 8.06. The van der Waals surface area contributed by atoms with E-state index in [1.54, 1.807) is 11.9 Å². The van der Waals surface area contributed by atoms with E-state index in [4.69, 9.17) is 9.84 Å². The zero-order valence-electron chi connectivity index (χ0n) is 10.1. The highest BCUT2D eigenvalue weighted by atomic mass is 16.5. The number of amides is 1. The van der Waals surface area contributed by atoms with Gasteiger partial charge in [0.05, 0.1) is 17.9 Å². The van der Waals surface area contributed by atoms with Crippen molar-refractivity contribution in [1.82, 2.24) is 4.90 Å². The minimum absolute atomic E-state index is 0.00381. The number of carboxylic acids is 1. The molecular weight excluding hydrogens is 222 g/mol. The highest BCUT2D eigenvalue weighted by Gasteiger charge is 2.53. The lowest BCUT2D eigenvalue weighted by Gasteiger charge is -2.31. The molecule has 0 aromatic heterocycles. The van der Waals surface area contributed by atoms with Crippen LogP contribution >= 0.6 is 0 Å². The molecule has 17 heavy (non-hydrogen) atoms. The number of carbonyl (C=O) groups is 2. The van der Waals surface area contributed by atoms with E-state index in [1.165, 1.54) is 0 Å². The lowest BCUT2D eigenvalue weighted by molar-refractivity contribution is -0.144. The molecule has 1 heterocycles. The Labute approximate surface area is 101 Å². The van der Waals surface area contributed by atoms with Crippen molar-refractivity contribution in [1.29, 1.82) is 0 Å². The van der Waals surface area contributed by atoms with Crippen molar-refractivity contribution in [2.75, 3.05) is 20.2 Å². The molecule has 0 spiro atoms. The van der Waals surface area contributed by atoms with E-state index < -0.39 is 5.97 Å². The molecular formula is C12H19NO4. The van der Waals surface area contributed by atoms with Gasteiger partial charge in [0.15, 0.2) is 0 Å². The smallest absolute Gasteiger partial charge is 0.305 e. The topological polar surface area (TPSA) is 66.8 Å². The zero-order valence-corrected chi connectivity index (χ0v) is 10.1. The molecule has 1 saturated carbocycles. The maximum Gasteiger partial charge on any atom is 0.305 e. The van der Waals surface area contributed by atoms with Crippen molar-refractivity contribution in [2.24, 2.45) is 5.41 Å². The summed E-state index contributed by atoms with van der Waals surface area (Å²) in [6.45, 7) is 0.936. The lowest BCUT2D eigenvalue weighted by Crippen LogP contribution is -2.44. The molecule has 5 nitrogen and oxygen atoms in total. The Morgan fingerprint density at radius 2 is 2.24 bits per heavy atom. The van der Waals surface area contributed by atoms with E-state index >= 15 is 0 Å². The molecule has 1 N–H and O–H groups in total. The van der Waals surface area contributed by atoms with Gasteiger partial charge < -0.3 is 14.7 Å². The summed E-state index contributed by atoms with van der Waals surface area (Å²) < 4.78 is 5.61. The van der Waals surface area contributed by atoms with Gasteiger partial charge in [-0.1, -0.05) is 0 Å². The highest BCUT2D eigenvalue weighted by Crippen LogP contribution is 2.48. The maximum absolute atomic E-state index is 12.4. The Kier molecular flexibility index (Phi) is 3.38. The van der Waals surface area contributed by atoms with Gasteiger partial charge in [-0.05, 0) is 25.7 Å². The van der Waals surface area contributed by atoms with Crippen LogP contribution in [0.1, 0.15) is 32.1 Å². The molecule has 0 aromatic rings. The molecule has 2 fully saturated rings. The van der Waals surface area contributed by atoms with E-state index in [-0.39, 0.29) is 30.4 Å². The SMILES string of the molecule is CN(CCC(=O)O)C(=O)[C@]12CCC[C@H]1OCC2. The quantitative estimate of drug-likeness (QED) is 0.793. The maximum atomic E-state index is 12.4. The van der Waals surface area contributed by atoms with Crippen LogP contribution in [0.25, 0.3) is 0 Å². The van der Waals surface area contributed by atoms with Gasteiger partial charge in [0.25, 0.3) is 0 Å². The number of nitrogens with zero attached hydrogens (tertiary/aromatic N) is 1. The standard InChI is InChI=1S/C12H19NO4/c1-13(7-4-10(14)15)11(16)12-5-2-3-9(12)17-8-6-12/h9H,2-8H2,1H3,(H,14,15)/t9-,12+/m1/s1. The number of aliphatic carboxylic acids is 1. The van der Waals surface area contributed by atoms with Crippen LogP contribution in [0, 0.1) is 5.41 Å². The van der Waals surface area contributed by atoms with Gasteiger partial charge in [-0.2, -0.15) is 0 Å². The summed E-state index contributed by atoms with van der Waals surface area (Å²) in [6.07, 6.45) is 3.72. The number of hydrogen-bond donors (Lipinski definition) is 1. The largest absolute Gasteiger partial charge is 0.481 e. The van der Waals surface area contributed by atoms with Gasteiger partial charge >= 0.3 is 5.97 Å².